The van der Waals surface area contributed by atoms with Gasteiger partial charge >= 0.3 is 5.69 Å². The maximum Gasteiger partial charge on any atom is 0.368 e. The van der Waals surface area contributed by atoms with Gasteiger partial charge in [-0.25, -0.2) is 9.48 Å². The second-order valence-electron chi connectivity index (χ2n) is 6.36. The third kappa shape index (κ3) is 3.92. The highest BCUT2D eigenvalue weighted by atomic mass is 127. The Morgan fingerprint density at radius 2 is 2.00 bits per heavy atom. The zero-order valence-corrected chi connectivity index (χ0v) is 18.5. The summed E-state index contributed by atoms with van der Waals surface area (Å²) in [7, 11) is 1.56. The van der Waals surface area contributed by atoms with Crippen molar-refractivity contribution in [3.8, 4) is 17.3 Å². The van der Waals surface area contributed by atoms with Crippen LogP contribution in [0.1, 0.15) is 11.1 Å². The van der Waals surface area contributed by atoms with Gasteiger partial charge in [0.05, 0.1) is 16.4 Å². The molecule has 0 fully saturated rings. The van der Waals surface area contributed by atoms with E-state index in [9.17, 15) is 4.79 Å². The third-order valence-corrected chi connectivity index (χ3v) is 5.97. The van der Waals surface area contributed by atoms with E-state index in [2.05, 4.69) is 38.1 Å². The number of hydrogen-bond acceptors (Lipinski definition) is 5. The molecule has 148 valence electrons. The molecule has 8 nitrogen and oxygen atoms in total. The maximum absolute atomic E-state index is 12.3. The van der Waals surface area contributed by atoms with Crippen LogP contribution < -0.4 is 10.4 Å². The lowest BCUT2D eigenvalue weighted by Gasteiger charge is -2.11. The predicted molar refractivity (Wildman–Crippen MR) is 117 cm³/mol. The average molecular weight is 523 g/mol. The Kier molecular flexibility index (Phi) is 5.41. The summed E-state index contributed by atoms with van der Waals surface area (Å²) in [5.74, 6) is 0.468. The van der Waals surface area contributed by atoms with Gasteiger partial charge in [-0.15, -0.1) is 5.10 Å². The number of nitrogens with zero attached hydrogens (tertiary/aromatic N) is 6. The first-order valence-electron chi connectivity index (χ1n) is 8.66. The Morgan fingerprint density at radius 1 is 1.17 bits per heavy atom. The fourth-order valence-corrected chi connectivity index (χ4v) is 3.46. The van der Waals surface area contributed by atoms with Crippen molar-refractivity contribution in [2.75, 3.05) is 0 Å². The van der Waals surface area contributed by atoms with Gasteiger partial charge in [0.1, 0.15) is 6.61 Å². The van der Waals surface area contributed by atoms with Crippen molar-refractivity contribution < 1.29 is 4.74 Å². The van der Waals surface area contributed by atoms with Crippen LogP contribution in [-0.4, -0.2) is 29.6 Å². The van der Waals surface area contributed by atoms with E-state index in [1.807, 2.05) is 49.5 Å². The van der Waals surface area contributed by atoms with Gasteiger partial charge in [0.25, 0.3) is 0 Å². The van der Waals surface area contributed by atoms with Gasteiger partial charge in [0.15, 0.2) is 0 Å². The topological polar surface area (TPSA) is 79.8 Å². The van der Waals surface area contributed by atoms with Gasteiger partial charge in [-0.2, -0.15) is 9.36 Å². The second-order valence-corrected chi connectivity index (χ2v) is 7.92. The average Bonchev–Trinajstić information content (AvgIpc) is 3.30. The van der Waals surface area contributed by atoms with Crippen LogP contribution in [0.25, 0.3) is 11.4 Å². The third-order valence-electron chi connectivity index (χ3n) is 4.43. The monoisotopic (exact) mass is 522 g/mol. The molecular formula is C19H16ClIN6O2. The van der Waals surface area contributed by atoms with Gasteiger partial charge in [-0.3, -0.25) is 0 Å². The number of benzene rings is 2. The zero-order valence-electron chi connectivity index (χ0n) is 15.6. The van der Waals surface area contributed by atoms with Crippen molar-refractivity contribution in [2.24, 2.45) is 7.05 Å². The standard InChI is InChI=1S/C19H16ClIN6O2/c1-12-4-3-5-17(27-19(28)25(2)23-24-27)14(12)11-29-18-8-9-26(22-18)13-6-7-15(20)16(21)10-13/h3-10H,11H2,1-2H3. The highest BCUT2D eigenvalue weighted by Crippen LogP contribution is 2.23. The minimum Gasteiger partial charge on any atom is -0.472 e. The smallest absolute Gasteiger partial charge is 0.368 e. The maximum atomic E-state index is 12.3. The molecule has 4 rings (SSSR count). The summed E-state index contributed by atoms with van der Waals surface area (Å²) in [6.45, 7) is 2.19. The van der Waals surface area contributed by atoms with Crippen molar-refractivity contribution >= 4 is 34.2 Å². The van der Waals surface area contributed by atoms with Crippen LogP contribution in [-0.2, 0) is 13.7 Å². The van der Waals surface area contributed by atoms with Gasteiger partial charge in [-0.1, -0.05) is 23.7 Å². The van der Waals surface area contributed by atoms with Gasteiger partial charge in [0, 0.05) is 28.4 Å². The Morgan fingerprint density at radius 3 is 2.72 bits per heavy atom. The Hall–Kier alpha value is -2.66. The summed E-state index contributed by atoms with van der Waals surface area (Å²) in [6, 6.07) is 13.1. The van der Waals surface area contributed by atoms with Crippen molar-refractivity contribution in [3.63, 3.8) is 0 Å². The number of ether oxygens (including phenoxy) is 1. The minimum absolute atomic E-state index is 0.236. The number of hydrogen-bond donors (Lipinski definition) is 0. The summed E-state index contributed by atoms with van der Waals surface area (Å²) >= 11 is 8.27. The molecule has 0 N–H and O–H groups in total. The molecule has 2 aromatic heterocycles. The van der Waals surface area contributed by atoms with E-state index in [4.69, 9.17) is 16.3 Å². The molecule has 10 heteroatoms. The van der Waals surface area contributed by atoms with Crippen molar-refractivity contribution in [1.29, 1.82) is 0 Å². The van der Waals surface area contributed by atoms with E-state index in [-0.39, 0.29) is 12.3 Å². The fourth-order valence-electron chi connectivity index (χ4n) is 2.84. The van der Waals surface area contributed by atoms with E-state index in [0.29, 0.717) is 16.6 Å². The number of halogens is 2. The molecule has 0 bridgehead atoms. The highest BCUT2D eigenvalue weighted by molar-refractivity contribution is 14.1. The molecule has 2 heterocycles. The molecule has 0 atom stereocenters. The molecule has 29 heavy (non-hydrogen) atoms. The lowest BCUT2D eigenvalue weighted by Crippen LogP contribution is -2.23. The van der Waals surface area contributed by atoms with Crippen LogP contribution in [0.3, 0.4) is 0 Å². The van der Waals surface area contributed by atoms with E-state index in [1.165, 1.54) is 9.36 Å². The first-order chi connectivity index (χ1) is 13.9. The fraction of sp³-hybridized carbons (Fsp3) is 0.158. The lowest BCUT2D eigenvalue weighted by atomic mass is 10.1. The van der Waals surface area contributed by atoms with E-state index >= 15 is 0 Å². The number of aromatic nitrogens is 6. The van der Waals surface area contributed by atoms with E-state index < -0.39 is 0 Å². The molecule has 0 radical (unpaired) electrons. The molecule has 2 aromatic carbocycles. The van der Waals surface area contributed by atoms with Crippen molar-refractivity contribution in [2.45, 2.75) is 13.5 Å². The number of tetrazole rings is 1. The molecule has 0 aliphatic carbocycles. The summed E-state index contributed by atoms with van der Waals surface area (Å²) in [5, 5.41) is 12.9. The summed E-state index contributed by atoms with van der Waals surface area (Å²) < 4.78 is 11.0. The van der Waals surface area contributed by atoms with Crippen LogP contribution in [0.2, 0.25) is 5.02 Å². The van der Waals surface area contributed by atoms with Gasteiger partial charge < -0.3 is 4.74 Å². The van der Waals surface area contributed by atoms with Crippen molar-refractivity contribution in [3.05, 3.63) is 78.9 Å². The van der Waals surface area contributed by atoms with Crippen LogP contribution in [0, 0.1) is 10.5 Å². The Bertz CT molecular complexity index is 1250. The summed E-state index contributed by atoms with van der Waals surface area (Å²) in [4.78, 5) is 12.3. The molecular weight excluding hydrogens is 507 g/mol. The minimum atomic E-state index is -0.321. The van der Waals surface area contributed by atoms with E-state index in [0.717, 1.165) is 20.4 Å². The lowest BCUT2D eigenvalue weighted by molar-refractivity contribution is 0.290. The molecule has 0 saturated heterocycles. The van der Waals surface area contributed by atoms with Crippen molar-refractivity contribution in [1.82, 2.24) is 29.6 Å². The van der Waals surface area contributed by atoms with Gasteiger partial charge in [0.2, 0.25) is 5.88 Å². The Labute approximate surface area is 184 Å². The first kappa shape index (κ1) is 19.6. The van der Waals surface area contributed by atoms with Crippen LogP contribution >= 0.6 is 34.2 Å². The molecule has 0 unspecified atom stereocenters. The second kappa shape index (κ2) is 7.99. The van der Waals surface area contributed by atoms with Crippen LogP contribution in [0.4, 0.5) is 0 Å². The normalized spacial score (nSPS) is 11.0. The molecule has 0 amide bonds. The number of aryl methyl sites for hydroxylation is 2. The molecule has 0 spiro atoms. The predicted octanol–water partition coefficient (Wildman–Crippen LogP) is 3.30. The quantitative estimate of drug-likeness (QED) is 0.376. The number of rotatable bonds is 5. The molecule has 0 saturated carbocycles. The van der Waals surface area contributed by atoms with E-state index in [1.54, 1.807) is 17.8 Å². The largest absolute Gasteiger partial charge is 0.472 e. The first-order valence-corrected chi connectivity index (χ1v) is 10.1. The zero-order chi connectivity index (χ0) is 20.5. The molecule has 0 aliphatic rings. The van der Waals surface area contributed by atoms with Crippen LogP contribution in [0.15, 0.2) is 53.5 Å². The highest BCUT2D eigenvalue weighted by Gasteiger charge is 2.14. The molecule has 0 aliphatic heterocycles. The SMILES string of the molecule is Cc1cccc(-n2nnn(C)c2=O)c1COc1ccn(-c2ccc(Cl)c(I)c2)n1. The summed E-state index contributed by atoms with van der Waals surface area (Å²) in [6.07, 6.45) is 1.82. The van der Waals surface area contributed by atoms with Gasteiger partial charge in [-0.05, 0) is 69.8 Å². The molecule has 4 aromatic rings. The Balaban J connectivity index is 1.59. The van der Waals surface area contributed by atoms with Crippen LogP contribution in [0.5, 0.6) is 5.88 Å². The summed E-state index contributed by atoms with van der Waals surface area (Å²) in [5.41, 5.74) is 3.02.